The van der Waals surface area contributed by atoms with Gasteiger partial charge in [0.1, 0.15) is 5.75 Å². The first-order valence-corrected chi connectivity index (χ1v) is 6.98. The number of esters is 2. The van der Waals surface area contributed by atoms with Gasteiger partial charge in [-0.15, -0.1) is 0 Å². The Balaban J connectivity index is 2.62. The molecule has 0 N–H and O–H groups in total. The third kappa shape index (κ3) is 6.13. The maximum Gasteiger partial charge on any atom is 0.344 e. The first-order chi connectivity index (χ1) is 10.5. The summed E-state index contributed by atoms with van der Waals surface area (Å²) in [7, 11) is 2.76. The smallest absolute Gasteiger partial charge is 0.344 e. The van der Waals surface area contributed by atoms with Crippen LogP contribution in [-0.2, 0) is 30.2 Å². The Labute approximate surface area is 130 Å². The van der Waals surface area contributed by atoms with Crippen molar-refractivity contribution in [3.05, 3.63) is 29.8 Å². The summed E-state index contributed by atoms with van der Waals surface area (Å²) < 4.78 is 20.1. The van der Waals surface area contributed by atoms with Crippen molar-refractivity contribution < 1.29 is 28.5 Å². The molecule has 6 nitrogen and oxygen atoms in total. The number of hydrogen-bond acceptors (Lipinski definition) is 6. The van der Waals surface area contributed by atoms with Crippen LogP contribution < -0.4 is 4.74 Å². The Bertz CT molecular complexity index is 497. The lowest BCUT2D eigenvalue weighted by atomic mass is 10.1. The minimum atomic E-state index is -0.675. The van der Waals surface area contributed by atoms with Crippen molar-refractivity contribution in [1.29, 1.82) is 0 Å². The Morgan fingerprint density at radius 2 is 1.91 bits per heavy atom. The quantitative estimate of drug-likeness (QED) is 0.681. The van der Waals surface area contributed by atoms with Crippen molar-refractivity contribution in [2.75, 3.05) is 20.8 Å². The van der Waals surface area contributed by atoms with E-state index < -0.39 is 18.0 Å². The average molecular weight is 310 g/mol. The van der Waals surface area contributed by atoms with Gasteiger partial charge >= 0.3 is 11.9 Å². The minimum Gasteiger partial charge on any atom is -0.482 e. The highest BCUT2D eigenvalue weighted by atomic mass is 16.6. The molecular formula is C16H22O6. The SMILES string of the molecule is COC(=O)C(Cc1cccc(OCC(=O)OC(C)C)c1)OC. The zero-order valence-electron chi connectivity index (χ0n) is 13.3. The second-order valence-electron chi connectivity index (χ2n) is 4.93. The van der Waals surface area contributed by atoms with Crippen molar-refractivity contribution in [3.63, 3.8) is 0 Å². The van der Waals surface area contributed by atoms with Crippen LogP contribution in [0.15, 0.2) is 24.3 Å². The third-order valence-corrected chi connectivity index (χ3v) is 2.79. The molecule has 0 spiro atoms. The number of methoxy groups -OCH3 is 2. The highest BCUT2D eigenvalue weighted by molar-refractivity contribution is 5.75. The molecule has 0 saturated heterocycles. The summed E-state index contributed by atoms with van der Waals surface area (Å²) in [6.45, 7) is 3.39. The molecule has 0 heterocycles. The van der Waals surface area contributed by atoms with Gasteiger partial charge in [-0.2, -0.15) is 0 Å². The van der Waals surface area contributed by atoms with E-state index in [1.165, 1.54) is 14.2 Å². The highest BCUT2D eigenvalue weighted by Gasteiger charge is 2.19. The van der Waals surface area contributed by atoms with Crippen LogP contribution in [0.3, 0.4) is 0 Å². The van der Waals surface area contributed by atoms with Gasteiger partial charge in [0.15, 0.2) is 12.7 Å². The van der Waals surface area contributed by atoms with Gasteiger partial charge in [0, 0.05) is 13.5 Å². The van der Waals surface area contributed by atoms with Crippen molar-refractivity contribution in [3.8, 4) is 5.75 Å². The van der Waals surface area contributed by atoms with E-state index in [-0.39, 0.29) is 12.7 Å². The van der Waals surface area contributed by atoms with Crippen LogP contribution >= 0.6 is 0 Å². The van der Waals surface area contributed by atoms with Crippen LogP contribution in [-0.4, -0.2) is 45.0 Å². The van der Waals surface area contributed by atoms with E-state index in [1.807, 2.05) is 6.07 Å². The molecule has 6 heteroatoms. The van der Waals surface area contributed by atoms with Crippen molar-refractivity contribution in [2.45, 2.75) is 32.5 Å². The third-order valence-electron chi connectivity index (χ3n) is 2.79. The van der Waals surface area contributed by atoms with Gasteiger partial charge in [-0.25, -0.2) is 9.59 Å². The fourth-order valence-electron chi connectivity index (χ4n) is 1.81. The normalized spacial score (nSPS) is 11.9. The molecule has 0 amide bonds. The minimum absolute atomic E-state index is 0.160. The molecule has 0 radical (unpaired) electrons. The summed E-state index contributed by atoms with van der Waals surface area (Å²) in [6.07, 6.45) is -0.493. The molecule has 1 unspecified atom stereocenters. The van der Waals surface area contributed by atoms with E-state index in [2.05, 4.69) is 4.74 Å². The number of ether oxygens (including phenoxy) is 4. The number of hydrogen-bond donors (Lipinski definition) is 0. The zero-order valence-corrected chi connectivity index (χ0v) is 13.3. The number of benzene rings is 1. The molecule has 0 aliphatic heterocycles. The summed E-state index contributed by atoms with van der Waals surface area (Å²) in [5.41, 5.74) is 0.840. The largest absolute Gasteiger partial charge is 0.482 e. The summed E-state index contributed by atoms with van der Waals surface area (Å²) in [4.78, 5) is 22.9. The average Bonchev–Trinajstić information content (AvgIpc) is 2.49. The van der Waals surface area contributed by atoms with Gasteiger partial charge in [0.05, 0.1) is 13.2 Å². The van der Waals surface area contributed by atoms with Crippen LogP contribution in [0.25, 0.3) is 0 Å². The topological polar surface area (TPSA) is 71.1 Å². The van der Waals surface area contributed by atoms with Gasteiger partial charge < -0.3 is 18.9 Å². The lowest BCUT2D eigenvalue weighted by molar-refractivity contribution is -0.152. The number of rotatable bonds is 8. The summed E-state index contributed by atoms with van der Waals surface area (Å²) >= 11 is 0. The van der Waals surface area contributed by atoms with Crippen LogP contribution in [0.2, 0.25) is 0 Å². The highest BCUT2D eigenvalue weighted by Crippen LogP contribution is 2.16. The number of carbonyl (C=O) groups is 2. The predicted octanol–water partition coefficient (Wildman–Crippen LogP) is 1.75. The van der Waals surface area contributed by atoms with Gasteiger partial charge in [0.2, 0.25) is 0 Å². The molecule has 1 rings (SSSR count). The fraction of sp³-hybridized carbons (Fsp3) is 0.500. The lowest BCUT2D eigenvalue weighted by Gasteiger charge is -2.14. The molecule has 0 fully saturated rings. The zero-order chi connectivity index (χ0) is 16.5. The molecule has 1 aromatic rings. The van der Waals surface area contributed by atoms with Crippen molar-refractivity contribution in [1.82, 2.24) is 0 Å². The number of carbonyl (C=O) groups excluding carboxylic acids is 2. The summed E-state index contributed by atoms with van der Waals surface area (Å²) in [5.74, 6) is -0.336. The first kappa shape index (κ1) is 18.0. The molecule has 0 saturated carbocycles. The Hall–Kier alpha value is -2.08. The van der Waals surface area contributed by atoms with Gasteiger partial charge in [-0.05, 0) is 31.5 Å². The van der Waals surface area contributed by atoms with E-state index in [9.17, 15) is 9.59 Å². The second-order valence-corrected chi connectivity index (χ2v) is 4.93. The fourth-order valence-corrected chi connectivity index (χ4v) is 1.81. The summed E-state index contributed by atoms with van der Waals surface area (Å²) in [5, 5.41) is 0. The van der Waals surface area contributed by atoms with Crippen LogP contribution in [0.5, 0.6) is 5.75 Å². The lowest BCUT2D eigenvalue weighted by Crippen LogP contribution is -2.26. The summed E-state index contributed by atoms with van der Waals surface area (Å²) in [6, 6.07) is 7.10. The van der Waals surface area contributed by atoms with Crippen LogP contribution in [0, 0.1) is 0 Å². The Kier molecular flexibility index (Phi) is 7.39. The predicted molar refractivity (Wildman–Crippen MR) is 79.7 cm³/mol. The monoisotopic (exact) mass is 310 g/mol. The standard InChI is InChI=1S/C16H22O6/c1-11(2)22-15(17)10-21-13-7-5-6-12(8-13)9-14(19-3)16(18)20-4/h5-8,11,14H,9-10H2,1-4H3. The molecule has 1 atom stereocenters. The van der Waals surface area contributed by atoms with Crippen LogP contribution in [0.4, 0.5) is 0 Å². The molecule has 122 valence electrons. The molecule has 0 aliphatic rings. The molecule has 1 aromatic carbocycles. The van der Waals surface area contributed by atoms with Gasteiger partial charge in [-0.1, -0.05) is 12.1 Å². The molecule has 0 aromatic heterocycles. The Morgan fingerprint density at radius 1 is 1.18 bits per heavy atom. The van der Waals surface area contributed by atoms with Gasteiger partial charge in [-0.3, -0.25) is 0 Å². The van der Waals surface area contributed by atoms with Gasteiger partial charge in [0.25, 0.3) is 0 Å². The maximum atomic E-state index is 11.5. The van der Waals surface area contributed by atoms with Crippen LogP contribution in [0.1, 0.15) is 19.4 Å². The molecular weight excluding hydrogens is 288 g/mol. The van der Waals surface area contributed by atoms with E-state index in [4.69, 9.17) is 14.2 Å². The molecule has 22 heavy (non-hydrogen) atoms. The van der Waals surface area contributed by atoms with Crippen molar-refractivity contribution >= 4 is 11.9 Å². The van der Waals surface area contributed by atoms with E-state index >= 15 is 0 Å². The molecule has 0 aliphatic carbocycles. The maximum absolute atomic E-state index is 11.5. The van der Waals surface area contributed by atoms with Crippen molar-refractivity contribution in [2.24, 2.45) is 0 Å². The van der Waals surface area contributed by atoms with E-state index in [0.717, 1.165) is 5.56 Å². The molecule has 0 bridgehead atoms. The second kappa shape index (κ2) is 9.04. The van der Waals surface area contributed by atoms with E-state index in [1.54, 1.807) is 32.0 Å². The first-order valence-electron chi connectivity index (χ1n) is 6.98. The Morgan fingerprint density at radius 3 is 2.50 bits per heavy atom. The van der Waals surface area contributed by atoms with E-state index in [0.29, 0.717) is 12.2 Å².